The van der Waals surface area contributed by atoms with Gasteiger partial charge in [-0.15, -0.1) is 0 Å². The minimum atomic E-state index is -0.0494. The number of nitrogens with zero attached hydrogens (tertiary/aromatic N) is 3. The van der Waals surface area contributed by atoms with Crippen LogP contribution in [0.25, 0.3) is 11.4 Å². The van der Waals surface area contributed by atoms with Crippen molar-refractivity contribution in [3.63, 3.8) is 0 Å². The molecule has 1 N–H and O–H groups in total. The van der Waals surface area contributed by atoms with Crippen molar-refractivity contribution in [1.29, 1.82) is 0 Å². The maximum atomic E-state index is 13.0. The molecule has 2 unspecified atom stereocenters. The van der Waals surface area contributed by atoms with Gasteiger partial charge in [0.1, 0.15) is 0 Å². The van der Waals surface area contributed by atoms with E-state index in [0.29, 0.717) is 29.8 Å². The van der Waals surface area contributed by atoms with Gasteiger partial charge in [0.25, 0.3) is 0 Å². The average molecular weight is 453 g/mol. The second-order valence-corrected chi connectivity index (χ2v) is 9.12. The van der Waals surface area contributed by atoms with E-state index in [2.05, 4.69) is 59.3 Å². The third kappa shape index (κ3) is 5.37. The van der Waals surface area contributed by atoms with E-state index in [1.54, 1.807) is 0 Å². The summed E-state index contributed by atoms with van der Waals surface area (Å²) in [6, 6.07) is 13.7. The molecule has 0 bridgehead atoms. The van der Waals surface area contributed by atoms with Crippen LogP contribution >= 0.6 is 11.6 Å². The fourth-order valence-electron chi connectivity index (χ4n) is 4.30. The van der Waals surface area contributed by atoms with Crippen molar-refractivity contribution >= 4 is 17.5 Å². The third-order valence-corrected chi connectivity index (χ3v) is 6.28. The number of amides is 1. The molecule has 0 radical (unpaired) electrons. The first-order chi connectivity index (χ1) is 15.4. The number of nitrogens with one attached hydrogen (secondary N) is 1. The Balaban J connectivity index is 1.36. The molecule has 2 heterocycles. The van der Waals surface area contributed by atoms with Crippen LogP contribution in [0.2, 0.25) is 5.02 Å². The molecule has 1 aliphatic rings. The molecule has 3 aromatic rings. The van der Waals surface area contributed by atoms with Gasteiger partial charge in [0.2, 0.25) is 17.6 Å². The monoisotopic (exact) mass is 452 g/mol. The van der Waals surface area contributed by atoms with E-state index < -0.39 is 0 Å². The van der Waals surface area contributed by atoms with Gasteiger partial charge in [-0.25, -0.2) is 0 Å². The normalized spacial score (nSPS) is 17.8. The summed E-state index contributed by atoms with van der Waals surface area (Å²) in [7, 11) is 0. The van der Waals surface area contributed by atoms with Crippen LogP contribution < -0.4 is 5.32 Å². The van der Waals surface area contributed by atoms with Gasteiger partial charge in [0.15, 0.2) is 0 Å². The van der Waals surface area contributed by atoms with Crippen LogP contribution in [0, 0.1) is 19.8 Å². The Morgan fingerprint density at radius 2 is 2.12 bits per heavy atom. The van der Waals surface area contributed by atoms with Crippen LogP contribution in [-0.4, -0.2) is 34.0 Å². The van der Waals surface area contributed by atoms with Crippen molar-refractivity contribution in [2.75, 3.05) is 13.1 Å². The van der Waals surface area contributed by atoms with Crippen molar-refractivity contribution in [1.82, 2.24) is 20.4 Å². The molecular weight excluding hydrogens is 424 g/mol. The molecule has 6 nitrogen and oxygen atoms in total. The summed E-state index contributed by atoms with van der Waals surface area (Å²) in [4.78, 5) is 19.7. The van der Waals surface area contributed by atoms with Crippen molar-refractivity contribution < 1.29 is 9.32 Å². The molecular formula is C25H29ClN4O2. The maximum Gasteiger partial charge on any atom is 0.241 e. The summed E-state index contributed by atoms with van der Waals surface area (Å²) in [5.41, 5.74) is 4.39. The molecule has 0 aliphatic carbocycles. The van der Waals surface area contributed by atoms with Gasteiger partial charge in [-0.05, 0) is 63.4 Å². The molecule has 1 amide bonds. The summed E-state index contributed by atoms with van der Waals surface area (Å²) >= 11 is 6.06. The molecule has 2 aromatic carbocycles. The van der Waals surface area contributed by atoms with Gasteiger partial charge in [0.05, 0.1) is 18.5 Å². The zero-order valence-corrected chi connectivity index (χ0v) is 19.5. The second kappa shape index (κ2) is 9.84. The summed E-state index contributed by atoms with van der Waals surface area (Å²) in [6.07, 6.45) is 1.85. The second-order valence-electron chi connectivity index (χ2n) is 8.69. The fourth-order valence-corrected chi connectivity index (χ4v) is 4.49. The number of aromatic nitrogens is 2. The lowest BCUT2D eigenvalue weighted by atomic mass is 9.95. The van der Waals surface area contributed by atoms with Crippen LogP contribution in [0.3, 0.4) is 0 Å². The van der Waals surface area contributed by atoms with Crippen molar-refractivity contribution in [3.05, 3.63) is 70.1 Å². The Bertz CT molecular complexity index is 1100. The first-order valence-electron chi connectivity index (χ1n) is 11.1. The predicted molar refractivity (Wildman–Crippen MR) is 125 cm³/mol. The number of hydrogen-bond acceptors (Lipinski definition) is 5. The molecule has 7 heteroatoms. The van der Waals surface area contributed by atoms with Crippen LogP contribution in [0.1, 0.15) is 48.4 Å². The van der Waals surface area contributed by atoms with Crippen molar-refractivity contribution in [2.45, 2.75) is 46.2 Å². The molecule has 1 aliphatic heterocycles. The van der Waals surface area contributed by atoms with Gasteiger partial charge in [-0.3, -0.25) is 9.69 Å². The Morgan fingerprint density at radius 3 is 2.94 bits per heavy atom. The molecule has 0 spiro atoms. The third-order valence-electron chi connectivity index (χ3n) is 6.05. The number of likely N-dealkylation sites (tertiary alicyclic amines) is 1. The van der Waals surface area contributed by atoms with Gasteiger partial charge < -0.3 is 9.84 Å². The predicted octanol–water partition coefficient (Wildman–Crippen LogP) is 5.10. The van der Waals surface area contributed by atoms with Gasteiger partial charge >= 0.3 is 0 Å². The van der Waals surface area contributed by atoms with E-state index in [4.69, 9.17) is 16.1 Å². The van der Waals surface area contributed by atoms with Crippen LogP contribution in [0.4, 0.5) is 0 Å². The highest BCUT2D eigenvalue weighted by atomic mass is 35.5. The number of benzene rings is 2. The highest BCUT2D eigenvalue weighted by molar-refractivity contribution is 6.30. The molecule has 4 rings (SSSR count). The first-order valence-corrected chi connectivity index (χ1v) is 11.5. The van der Waals surface area contributed by atoms with Crippen molar-refractivity contribution in [3.8, 4) is 11.4 Å². The number of aryl methyl sites for hydroxylation is 2. The van der Waals surface area contributed by atoms with E-state index in [0.717, 1.165) is 24.9 Å². The Kier molecular flexibility index (Phi) is 6.92. The Labute approximate surface area is 194 Å². The zero-order chi connectivity index (χ0) is 22.7. The topological polar surface area (TPSA) is 71.3 Å². The molecule has 1 aromatic heterocycles. The van der Waals surface area contributed by atoms with Gasteiger partial charge in [-0.2, -0.15) is 4.98 Å². The van der Waals surface area contributed by atoms with E-state index in [9.17, 15) is 4.79 Å². The SMILES string of the molecule is Cc1ccc(C)c(C(C)NC(=O)C2CCCN(Cc3nc(-c4cccc(Cl)c4)no3)C2)c1. The quantitative estimate of drug-likeness (QED) is 0.563. The van der Waals surface area contributed by atoms with Gasteiger partial charge in [-0.1, -0.05) is 52.7 Å². The minimum absolute atomic E-state index is 0.0195. The standard InChI is InChI=1S/C25H29ClN4O2/c1-16-9-10-17(2)22(12-16)18(3)27-25(31)20-7-5-11-30(14-20)15-23-28-24(29-32-23)19-6-4-8-21(26)13-19/h4,6,8-10,12-13,18,20H,5,7,11,14-15H2,1-3H3,(H,27,31). The lowest BCUT2D eigenvalue weighted by Gasteiger charge is -2.31. The summed E-state index contributed by atoms with van der Waals surface area (Å²) in [5.74, 6) is 1.13. The largest absolute Gasteiger partial charge is 0.349 e. The Morgan fingerprint density at radius 1 is 1.28 bits per heavy atom. The molecule has 0 saturated carbocycles. The number of rotatable bonds is 6. The van der Waals surface area contributed by atoms with Crippen molar-refractivity contribution in [2.24, 2.45) is 5.92 Å². The number of piperidine rings is 1. The fraction of sp³-hybridized carbons (Fsp3) is 0.400. The van der Waals surface area contributed by atoms with Crippen LogP contribution in [-0.2, 0) is 11.3 Å². The maximum absolute atomic E-state index is 13.0. The molecule has 1 fully saturated rings. The molecule has 1 saturated heterocycles. The lowest BCUT2D eigenvalue weighted by Crippen LogP contribution is -2.43. The Hall–Kier alpha value is -2.70. The number of carbonyl (C=O) groups is 1. The zero-order valence-electron chi connectivity index (χ0n) is 18.8. The highest BCUT2D eigenvalue weighted by Crippen LogP contribution is 2.24. The smallest absolute Gasteiger partial charge is 0.241 e. The van der Waals surface area contributed by atoms with E-state index in [1.165, 1.54) is 16.7 Å². The summed E-state index contributed by atoms with van der Waals surface area (Å²) in [5, 5.41) is 7.94. The highest BCUT2D eigenvalue weighted by Gasteiger charge is 2.28. The summed E-state index contributed by atoms with van der Waals surface area (Å²) < 4.78 is 5.46. The van der Waals surface area contributed by atoms with E-state index in [-0.39, 0.29) is 17.9 Å². The number of halogens is 1. The molecule has 32 heavy (non-hydrogen) atoms. The van der Waals surface area contributed by atoms with Gasteiger partial charge in [0, 0.05) is 17.1 Å². The minimum Gasteiger partial charge on any atom is -0.349 e. The van der Waals surface area contributed by atoms with E-state index >= 15 is 0 Å². The van der Waals surface area contributed by atoms with E-state index in [1.807, 2.05) is 24.3 Å². The lowest BCUT2D eigenvalue weighted by molar-refractivity contribution is -0.127. The van der Waals surface area contributed by atoms with Crippen LogP contribution in [0.5, 0.6) is 0 Å². The summed E-state index contributed by atoms with van der Waals surface area (Å²) in [6.45, 7) is 8.33. The number of carbonyl (C=O) groups excluding carboxylic acids is 1. The number of hydrogen-bond donors (Lipinski definition) is 1. The average Bonchev–Trinajstić information content (AvgIpc) is 3.24. The first kappa shape index (κ1) is 22.5. The molecule has 2 atom stereocenters. The molecule has 168 valence electrons. The van der Waals surface area contributed by atoms with Crippen LogP contribution in [0.15, 0.2) is 47.0 Å².